The molecule has 2 atom stereocenters. The molecule has 1 saturated heterocycles. The first-order valence-corrected chi connectivity index (χ1v) is 50.6. The maximum atomic E-state index is 7.30. The molecule has 56 heavy (non-hydrogen) atoms. The molecule has 3 rings (SSSR count). The van der Waals surface area contributed by atoms with E-state index in [0.717, 1.165) is 5.25 Å². The van der Waals surface area contributed by atoms with E-state index in [9.17, 15) is 0 Å². The van der Waals surface area contributed by atoms with E-state index in [4.69, 9.17) is 4.18 Å². The Hall–Kier alpha value is 0.334. The molecule has 0 spiro atoms. The van der Waals surface area contributed by atoms with Crippen molar-refractivity contribution in [2.45, 2.75) is 210 Å². The molecule has 0 bridgehead atoms. The van der Waals surface area contributed by atoms with Crippen molar-refractivity contribution in [1.82, 2.24) is 0 Å². The summed E-state index contributed by atoms with van der Waals surface area (Å²) in [6, 6.07) is 11.2. The molecule has 318 valence electrons. The van der Waals surface area contributed by atoms with Gasteiger partial charge in [0.15, 0.2) is 0 Å². The fourth-order valence-corrected chi connectivity index (χ4v) is 70.0. The van der Waals surface area contributed by atoms with Crippen LogP contribution in [0.1, 0.15) is 115 Å². The van der Waals surface area contributed by atoms with Gasteiger partial charge >= 0.3 is 365 Å². The second kappa shape index (κ2) is 16.9. The Morgan fingerprint density at radius 3 is 1.07 bits per heavy atom. The Morgan fingerprint density at radius 1 is 0.518 bits per heavy atom. The van der Waals surface area contributed by atoms with Crippen LogP contribution in [0, 0.1) is 0 Å². The average Bonchev–Trinajstić information content (AvgIpc) is 3.30. The second-order valence-electron chi connectivity index (χ2n) is 25.8. The van der Waals surface area contributed by atoms with E-state index in [2.05, 4.69) is 203 Å². The molecule has 0 radical (unpaired) electrons. The summed E-state index contributed by atoms with van der Waals surface area (Å²) in [5.41, 5.74) is 9.74. The number of rotatable bonds is 15. The van der Waals surface area contributed by atoms with Gasteiger partial charge in [0.1, 0.15) is 0 Å². The second-order valence-corrected chi connectivity index (χ2v) is 70.7. The number of benzene rings is 2. The molecule has 0 saturated carbocycles. The summed E-state index contributed by atoms with van der Waals surface area (Å²) in [5, 5.41) is 3.09. The van der Waals surface area contributed by atoms with Gasteiger partial charge in [0, 0.05) is 0 Å². The molecule has 1 aliphatic heterocycles. The Bertz CT molecular complexity index is 1600. The molecule has 9 heteroatoms. The van der Waals surface area contributed by atoms with Crippen molar-refractivity contribution in [3.05, 3.63) is 70.3 Å². The van der Waals surface area contributed by atoms with Gasteiger partial charge in [-0.15, -0.1) is 0 Å². The molecule has 0 aliphatic carbocycles. The quantitative estimate of drug-likeness (QED) is 0.1000. The van der Waals surface area contributed by atoms with Gasteiger partial charge in [-0.25, -0.2) is 0 Å². The maximum absolute atomic E-state index is 7.30. The van der Waals surface area contributed by atoms with Crippen LogP contribution in [0.4, 0.5) is 0 Å². The molecule has 0 amide bonds. The fraction of sp³-hybridized carbons (Fsp3) is 0.702. The molecular formula is C47H90GeOSSi6. The van der Waals surface area contributed by atoms with Crippen LogP contribution in [-0.2, 0) is 4.18 Å². The number of hydrogen-bond donors (Lipinski definition) is 0. The van der Waals surface area contributed by atoms with Crippen LogP contribution in [0.3, 0.4) is 0 Å². The van der Waals surface area contributed by atoms with Crippen molar-refractivity contribution in [3.63, 3.8) is 0 Å². The summed E-state index contributed by atoms with van der Waals surface area (Å²) >= 11 is -3.59. The summed E-state index contributed by atoms with van der Waals surface area (Å²) in [5.74, 6) is 1.36. The zero-order valence-corrected chi connectivity index (χ0v) is 50.5. The van der Waals surface area contributed by atoms with Crippen LogP contribution in [0.25, 0.3) is 0 Å². The van der Waals surface area contributed by atoms with E-state index in [1.807, 2.05) is 25.9 Å². The van der Waals surface area contributed by atoms with Gasteiger partial charge in [-0.2, -0.15) is 0 Å². The molecule has 2 aromatic carbocycles. The molecule has 2 aromatic rings. The van der Waals surface area contributed by atoms with Crippen LogP contribution in [0.5, 0.6) is 0 Å². The SMILES string of the molecule is C=C[C@]1(C)[CH2][Ge@@]([c]2c(C(C)C)cc(C(C)C)cc2C(C)C)([c]2c(C([Si](C)(C)C)[Si](C)(C)C)cc(C([Si](C)(C)C)[Si](C)(C)C)cc2C([Si](C)(C)C)[Si](C)(C)C)[S]O1. The monoisotopic (exact) mass is 944 g/mol. The summed E-state index contributed by atoms with van der Waals surface area (Å²) in [6.45, 7) is 70.3. The zero-order chi connectivity index (χ0) is 43.7. The van der Waals surface area contributed by atoms with E-state index < -0.39 is 60.6 Å². The van der Waals surface area contributed by atoms with Crippen LogP contribution < -0.4 is 8.79 Å². The topological polar surface area (TPSA) is 9.23 Å². The zero-order valence-electron chi connectivity index (χ0n) is 41.6. The molecule has 0 aromatic heterocycles. The number of hydrogen-bond acceptors (Lipinski definition) is 2. The van der Waals surface area contributed by atoms with Gasteiger partial charge in [0.2, 0.25) is 0 Å². The molecule has 1 nitrogen and oxygen atoms in total. The van der Waals surface area contributed by atoms with E-state index in [0.29, 0.717) is 33.2 Å². The predicted molar refractivity (Wildman–Crippen MR) is 281 cm³/mol. The molecule has 1 aliphatic rings. The van der Waals surface area contributed by atoms with Gasteiger partial charge in [0.25, 0.3) is 0 Å². The van der Waals surface area contributed by atoms with Gasteiger partial charge in [-0.1, -0.05) is 0 Å². The molecular weight excluding hydrogens is 854 g/mol. The summed E-state index contributed by atoms with van der Waals surface area (Å²) in [6.07, 6.45) is 2.18. The van der Waals surface area contributed by atoms with Crippen molar-refractivity contribution in [2.24, 2.45) is 0 Å². The van der Waals surface area contributed by atoms with Crippen LogP contribution in [0.15, 0.2) is 36.9 Å². The van der Waals surface area contributed by atoms with E-state index in [1.54, 1.807) is 21.1 Å². The minimum absolute atomic E-state index is 0.363. The third-order valence-electron chi connectivity index (χ3n) is 12.7. The third-order valence-corrected chi connectivity index (χ3v) is 54.9. The normalized spacial score (nSPS) is 20.8. The predicted octanol–water partition coefficient (Wildman–Crippen LogP) is 15.3. The van der Waals surface area contributed by atoms with Gasteiger partial charge in [0.05, 0.1) is 0 Å². The average molecular weight is 944 g/mol. The molecule has 1 fully saturated rings. The summed E-state index contributed by atoms with van der Waals surface area (Å²) in [4.78, 5) is 0. The molecule has 0 N–H and O–H groups in total. The minimum atomic E-state index is -3.59. The molecule has 0 unspecified atom stereocenters. The summed E-state index contributed by atoms with van der Waals surface area (Å²) < 4.78 is 10.9. The first kappa shape index (κ1) is 50.7. The van der Waals surface area contributed by atoms with Crippen LogP contribution in [-0.4, -0.2) is 66.2 Å². The van der Waals surface area contributed by atoms with Crippen molar-refractivity contribution in [1.29, 1.82) is 0 Å². The van der Waals surface area contributed by atoms with E-state index >= 15 is 0 Å². The van der Waals surface area contributed by atoms with Crippen LogP contribution in [0.2, 0.25) is 123 Å². The van der Waals surface area contributed by atoms with Gasteiger partial charge in [-0.3, -0.25) is 0 Å². The Morgan fingerprint density at radius 2 is 0.821 bits per heavy atom. The third kappa shape index (κ3) is 10.7. The Balaban J connectivity index is 3.05. The molecule has 1 heterocycles. The first-order chi connectivity index (χ1) is 24.8. The van der Waals surface area contributed by atoms with Gasteiger partial charge in [-0.05, 0) is 0 Å². The first-order valence-electron chi connectivity index (χ1n) is 22.2. The fourth-order valence-electron chi connectivity index (χ4n) is 12.2. The van der Waals surface area contributed by atoms with E-state index in [1.165, 1.54) is 5.56 Å². The summed E-state index contributed by atoms with van der Waals surface area (Å²) in [7, 11) is -8.18. The Kier molecular flexibility index (Phi) is 15.3. The van der Waals surface area contributed by atoms with E-state index in [-0.39, 0.29) is 5.60 Å². The van der Waals surface area contributed by atoms with Crippen molar-refractivity contribution in [2.75, 3.05) is 0 Å². The van der Waals surface area contributed by atoms with Crippen molar-refractivity contribution >= 4 is 79.7 Å². The van der Waals surface area contributed by atoms with Gasteiger partial charge < -0.3 is 0 Å². The standard InChI is InChI=1S/C47H90GeOSSi6/c1-27-47(8)32-48(50-49-47,42-38(34(4)5)28-36(33(2)3)29-39(42)35(6)7)43-40(45(53(15,16)17)54(18,19)20)30-37(44(51(9,10)11)52(12,13)14)31-41(43)46(55(21,22)23)56(24,25)26/h27-31,33-35,44-46H,1,32H2,2-26H3/t47-,48-/m1/s1. The Labute approximate surface area is 361 Å². The van der Waals surface area contributed by atoms with Crippen molar-refractivity contribution in [3.8, 4) is 0 Å². The van der Waals surface area contributed by atoms with Crippen LogP contribution >= 0.6 is 10.4 Å². The van der Waals surface area contributed by atoms with Crippen molar-refractivity contribution < 1.29 is 4.18 Å².